The Balaban J connectivity index is 2.18. The number of nitrogens with zero attached hydrogens (tertiary/aromatic N) is 1. The molecule has 1 atom stereocenters. The number of benzene rings is 1. The number of hydrogen-bond donors (Lipinski definition) is 2. The zero-order valence-corrected chi connectivity index (χ0v) is 11.9. The van der Waals surface area contributed by atoms with Crippen LogP contribution < -0.4 is 5.32 Å². The Morgan fingerprint density at radius 2 is 2.00 bits per heavy atom. The predicted octanol–water partition coefficient (Wildman–Crippen LogP) is 3.95. The van der Waals surface area contributed by atoms with Crippen molar-refractivity contribution < 1.29 is 5.11 Å². The zero-order chi connectivity index (χ0) is 13.3. The number of anilines is 1. The first-order valence-corrected chi connectivity index (χ1v) is 6.79. The summed E-state index contributed by atoms with van der Waals surface area (Å²) in [6, 6.07) is 5.84. The summed E-state index contributed by atoms with van der Waals surface area (Å²) in [6.45, 7) is 8.05. The topological polar surface area (TPSA) is 45.2 Å². The van der Waals surface area contributed by atoms with E-state index >= 15 is 0 Å². The van der Waals surface area contributed by atoms with Crippen molar-refractivity contribution in [2.24, 2.45) is 0 Å². The maximum atomic E-state index is 9.69. The summed E-state index contributed by atoms with van der Waals surface area (Å²) in [7, 11) is 0. The Kier molecular flexibility index (Phi) is 3.57. The average molecular weight is 262 g/mol. The summed E-state index contributed by atoms with van der Waals surface area (Å²) in [6.07, 6.45) is 0. The molecule has 2 rings (SSSR count). The lowest BCUT2D eigenvalue weighted by molar-refractivity contribution is 0.471. The van der Waals surface area contributed by atoms with Crippen LogP contribution in [0.15, 0.2) is 18.2 Å². The van der Waals surface area contributed by atoms with Crippen molar-refractivity contribution in [2.45, 2.75) is 33.7 Å². The smallest absolute Gasteiger partial charge is 0.120 e. The van der Waals surface area contributed by atoms with Gasteiger partial charge in [0.15, 0.2) is 0 Å². The van der Waals surface area contributed by atoms with E-state index in [2.05, 4.69) is 17.2 Å². The number of hydrogen-bond acceptors (Lipinski definition) is 4. The van der Waals surface area contributed by atoms with Crippen molar-refractivity contribution in [3.05, 3.63) is 39.3 Å². The summed E-state index contributed by atoms with van der Waals surface area (Å²) in [5, 5.41) is 14.2. The van der Waals surface area contributed by atoms with Gasteiger partial charge >= 0.3 is 0 Å². The van der Waals surface area contributed by atoms with Gasteiger partial charge in [-0.3, -0.25) is 0 Å². The van der Waals surface area contributed by atoms with Crippen LogP contribution in [0.1, 0.15) is 34.1 Å². The number of phenolic OH excluding ortho intramolecular Hbond substituents is 1. The molecular weight excluding hydrogens is 244 g/mol. The first kappa shape index (κ1) is 12.9. The van der Waals surface area contributed by atoms with Gasteiger partial charge in [0, 0.05) is 16.6 Å². The molecule has 2 N–H and O–H groups in total. The van der Waals surface area contributed by atoms with E-state index < -0.39 is 0 Å². The molecule has 0 spiro atoms. The van der Waals surface area contributed by atoms with E-state index in [1.165, 1.54) is 4.88 Å². The van der Waals surface area contributed by atoms with Crippen molar-refractivity contribution in [1.82, 2.24) is 4.98 Å². The highest BCUT2D eigenvalue weighted by molar-refractivity contribution is 7.11. The number of rotatable bonds is 3. The van der Waals surface area contributed by atoms with Crippen LogP contribution >= 0.6 is 11.3 Å². The fourth-order valence-corrected chi connectivity index (χ4v) is 2.89. The van der Waals surface area contributed by atoms with Gasteiger partial charge in [-0.2, -0.15) is 0 Å². The van der Waals surface area contributed by atoms with E-state index in [9.17, 15) is 5.11 Å². The lowest BCUT2D eigenvalue weighted by atomic mass is 10.2. The van der Waals surface area contributed by atoms with Crippen LogP contribution in [0, 0.1) is 20.8 Å². The number of phenols is 1. The van der Waals surface area contributed by atoms with Crippen molar-refractivity contribution >= 4 is 17.0 Å². The van der Waals surface area contributed by atoms with E-state index in [1.807, 2.05) is 32.9 Å². The van der Waals surface area contributed by atoms with Gasteiger partial charge in [0.1, 0.15) is 5.75 Å². The molecule has 0 aliphatic rings. The average Bonchev–Trinajstić information content (AvgIpc) is 2.63. The molecule has 1 aromatic heterocycles. The molecule has 1 aromatic carbocycles. The largest absolute Gasteiger partial charge is 0.508 e. The van der Waals surface area contributed by atoms with E-state index in [0.717, 1.165) is 22.0 Å². The number of aryl methyl sites for hydroxylation is 3. The van der Waals surface area contributed by atoms with Gasteiger partial charge in [-0.15, -0.1) is 11.3 Å². The lowest BCUT2D eigenvalue weighted by Crippen LogP contribution is -2.06. The minimum absolute atomic E-state index is 0.193. The third-order valence-electron chi connectivity index (χ3n) is 2.92. The van der Waals surface area contributed by atoms with Gasteiger partial charge in [-0.05, 0) is 39.3 Å². The Hall–Kier alpha value is -1.55. The molecule has 0 aliphatic carbocycles. The Morgan fingerprint density at radius 1 is 1.28 bits per heavy atom. The standard InChI is InChI=1S/C14H18N2OS/c1-8-5-6-12(7-13(8)17)16-10(3)14-9(2)15-11(4)18-14/h5-7,10,16-17H,1-4H3. The minimum Gasteiger partial charge on any atom is -0.508 e. The lowest BCUT2D eigenvalue weighted by Gasteiger charge is -2.15. The number of nitrogens with one attached hydrogen (secondary N) is 1. The molecule has 18 heavy (non-hydrogen) atoms. The molecule has 2 aromatic rings. The second kappa shape index (κ2) is 4.98. The molecule has 3 nitrogen and oxygen atoms in total. The van der Waals surface area contributed by atoms with E-state index in [0.29, 0.717) is 5.75 Å². The maximum absolute atomic E-state index is 9.69. The van der Waals surface area contributed by atoms with Gasteiger partial charge in [-0.25, -0.2) is 4.98 Å². The van der Waals surface area contributed by atoms with Gasteiger partial charge in [0.05, 0.1) is 16.7 Å². The third kappa shape index (κ3) is 2.64. The van der Waals surface area contributed by atoms with E-state index in [4.69, 9.17) is 0 Å². The third-order valence-corrected chi connectivity index (χ3v) is 4.18. The molecule has 0 fully saturated rings. The fourth-order valence-electron chi connectivity index (χ4n) is 1.96. The number of thiazole rings is 1. The number of aromatic hydroxyl groups is 1. The van der Waals surface area contributed by atoms with Crippen molar-refractivity contribution in [1.29, 1.82) is 0 Å². The highest BCUT2D eigenvalue weighted by atomic mass is 32.1. The first-order valence-electron chi connectivity index (χ1n) is 5.97. The van der Waals surface area contributed by atoms with Gasteiger partial charge in [0.25, 0.3) is 0 Å². The van der Waals surface area contributed by atoms with E-state index in [-0.39, 0.29) is 6.04 Å². The van der Waals surface area contributed by atoms with Crippen LogP contribution in [0.3, 0.4) is 0 Å². The quantitative estimate of drug-likeness (QED) is 0.880. The van der Waals surface area contributed by atoms with E-state index in [1.54, 1.807) is 17.4 Å². The van der Waals surface area contributed by atoms with Crippen LogP contribution in [0.2, 0.25) is 0 Å². The van der Waals surface area contributed by atoms with Crippen molar-refractivity contribution in [2.75, 3.05) is 5.32 Å². The Morgan fingerprint density at radius 3 is 2.56 bits per heavy atom. The fraction of sp³-hybridized carbons (Fsp3) is 0.357. The molecule has 0 saturated heterocycles. The molecule has 0 radical (unpaired) electrons. The minimum atomic E-state index is 0.193. The van der Waals surface area contributed by atoms with Crippen LogP contribution in [0.25, 0.3) is 0 Å². The summed E-state index contributed by atoms with van der Waals surface area (Å²) in [5.74, 6) is 0.324. The first-order chi connectivity index (χ1) is 8.47. The molecule has 96 valence electrons. The SMILES string of the molecule is Cc1nc(C)c(C(C)Nc2ccc(C)c(O)c2)s1. The second-order valence-corrected chi connectivity index (χ2v) is 5.78. The van der Waals surface area contributed by atoms with Gasteiger partial charge in [0.2, 0.25) is 0 Å². The molecule has 0 aliphatic heterocycles. The zero-order valence-electron chi connectivity index (χ0n) is 11.1. The molecular formula is C14H18N2OS. The molecule has 0 amide bonds. The molecule has 4 heteroatoms. The highest BCUT2D eigenvalue weighted by Crippen LogP contribution is 2.29. The molecule has 0 bridgehead atoms. The molecule has 1 unspecified atom stereocenters. The van der Waals surface area contributed by atoms with Gasteiger partial charge < -0.3 is 10.4 Å². The molecule has 1 heterocycles. The number of aromatic nitrogens is 1. The summed E-state index contributed by atoms with van der Waals surface area (Å²) in [5.41, 5.74) is 2.89. The summed E-state index contributed by atoms with van der Waals surface area (Å²) in [4.78, 5) is 5.68. The summed E-state index contributed by atoms with van der Waals surface area (Å²) >= 11 is 1.71. The second-order valence-electron chi connectivity index (χ2n) is 4.55. The van der Waals surface area contributed by atoms with Crippen LogP contribution in [0.5, 0.6) is 5.75 Å². The normalized spacial score (nSPS) is 12.4. The van der Waals surface area contributed by atoms with Crippen molar-refractivity contribution in [3.63, 3.8) is 0 Å². The van der Waals surface area contributed by atoms with Crippen LogP contribution in [-0.2, 0) is 0 Å². The maximum Gasteiger partial charge on any atom is 0.120 e. The monoisotopic (exact) mass is 262 g/mol. The van der Waals surface area contributed by atoms with Gasteiger partial charge in [-0.1, -0.05) is 6.07 Å². The predicted molar refractivity (Wildman–Crippen MR) is 76.5 cm³/mol. The van der Waals surface area contributed by atoms with Crippen molar-refractivity contribution in [3.8, 4) is 5.75 Å². The highest BCUT2D eigenvalue weighted by Gasteiger charge is 2.13. The summed E-state index contributed by atoms with van der Waals surface area (Å²) < 4.78 is 0. The Bertz CT molecular complexity index is 563. The Labute approximate surface area is 112 Å². The van der Waals surface area contributed by atoms with Crippen LogP contribution in [-0.4, -0.2) is 10.1 Å². The molecule has 0 saturated carbocycles. The van der Waals surface area contributed by atoms with Crippen LogP contribution in [0.4, 0.5) is 5.69 Å².